The summed E-state index contributed by atoms with van der Waals surface area (Å²) in [5.74, 6) is 0.737. The van der Waals surface area contributed by atoms with E-state index in [0.29, 0.717) is 22.4 Å². The Morgan fingerprint density at radius 1 is 1.22 bits per heavy atom. The van der Waals surface area contributed by atoms with Gasteiger partial charge in [-0.3, -0.25) is 4.98 Å². The predicted molar refractivity (Wildman–Crippen MR) is 110 cm³/mol. The maximum atomic E-state index is 9.07. The minimum atomic E-state index is 0.179. The molecule has 0 amide bonds. The van der Waals surface area contributed by atoms with E-state index in [1.54, 1.807) is 12.3 Å². The van der Waals surface area contributed by atoms with Gasteiger partial charge >= 0.3 is 0 Å². The molecule has 27 heavy (non-hydrogen) atoms. The van der Waals surface area contributed by atoms with Gasteiger partial charge in [0.25, 0.3) is 0 Å². The first-order chi connectivity index (χ1) is 13.0. The second-order valence-corrected chi connectivity index (χ2v) is 8.11. The fourth-order valence-corrected chi connectivity index (χ4v) is 4.52. The van der Waals surface area contributed by atoms with Gasteiger partial charge in [-0.15, -0.1) is 0 Å². The number of pyridine rings is 1. The molecule has 0 fully saturated rings. The van der Waals surface area contributed by atoms with E-state index in [1.807, 2.05) is 34.9 Å². The second-order valence-electron chi connectivity index (χ2n) is 6.17. The molecule has 0 aliphatic heterocycles. The Balaban J connectivity index is 2.10. The van der Waals surface area contributed by atoms with Gasteiger partial charge in [0.15, 0.2) is 5.82 Å². The van der Waals surface area contributed by atoms with E-state index in [-0.39, 0.29) is 5.92 Å². The van der Waals surface area contributed by atoms with Crippen molar-refractivity contribution >= 4 is 41.2 Å². The van der Waals surface area contributed by atoms with Gasteiger partial charge in [-0.05, 0) is 36.2 Å². The van der Waals surface area contributed by atoms with E-state index in [1.165, 1.54) is 18.0 Å². The van der Waals surface area contributed by atoms with Crippen molar-refractivity contribution in [3.05, 3.63) is 69.9 Å². The van der Waals surface area contributed by atoms with Crippen molar-refractivity contribution < 1.29 is 5.21 Å². The van der Waals surface area contributed by atoms with Crippen LogP contribution in [0.25, 0.3) is 0 Å². The lowest BCUT2D eigenvalue weighted by Gasteiger charge is -2.12. The molecule has 140 valence electrons. The van der Waals surface area contributed by atoms with E-state index < -0.39 is 0 Å². The highest BCUT2D eigenvalue weighted by Crippen LogP contribution is 2.37. The van der Waals surface area contributed by atoms with Crippen LogP contribution < -0.4 is 0 Å². The Labute approximate surface area is 172 Å². The third-order valence-electron chi connectivity index (χ3n) is 3.79. The van der Waals surface area contributed by atoms with Crippen molar-refractivity contribution in [2.45, 2.75) is 36.2 Å². The molecule has 5 nitrogen and oxygen atoms in total. The number of halogens is 2. The summed E-state index contributed by atoms with van der Waals surface area (Å²) in [5, 5.41) is 14.3. The van der Waals surface area contributed by atoms with Crippen LogP contribution >= 0.6 is 35.0 Å². The number of nitrogens with zero attached hydrogens (tertiary/aromatic N) is 4. The zero-order valence-electron chi connectivity index (χ0n) is 14.8. The first-order valence-corrected chi connectivity index (χ1v) is 9.87. The smallest absolute Gasteiger partial charge is 0.156 e. The van der Waals surface area contributed by atoms with Crippen molar-refractivity contribution in [1.82, 2.24) is 14.5 Å². The third-order valence-corrected chi connectivity index (χ3v) is 5.32. The van der Waals surface area contributed by atoms with Crippen LogP contribution in [-0.2, 0) is 6.54 Å². The van der Waals surface area contributed by atoms with Gasteiger partial charge in [0.1, 0.15) is 11.2 Å². The van der Waals surface area contributed by atoms with E-state index in [0.717, 1.165) is 21.3 Å². The number of oxime groups is 1. The van der Waals surface area contributed by atoms with Crippen LogP contribution in [0.2, 0.25) is 10.0 Å². The van der Waals surface area contributed by atoms with Gasteiger partial charge in [-0.25, -0.2) is 4.98 Å². The molecule has 0 bridgehead atoms. The Morgan fingerprint density at radius 2 is 1.96 bits per heavy atom. The number of rotatable bonds is 6. The van der Waals surface area contributed by atoms with Crippen molar-refractivity contribution in [1.29, 1.82) is 0 Å². The molecule has 0 spiro atoms. The molecule has 8 heteroatoms. The van der Waals surface area contributed by atoms with E-state index >= 15 is 0 Å². The maximum Gasteiger partial charge on any atom is 0.156 e. The Kier molecular flexibility index (Phi) is 6.42. The third kappa shape index (κ3) is 4.83. The molecular weight excluding hydrogens is 403 g/mol. The van der Waals surface area contributed by atoms with Crippen LogP contribution in [0.1, 0.15) is 37.0 Å². The number of hydrogen-bond acceptors (Lipinski definition) is 5. The molecule has 0 atom stereocenters. The van der Waals surface area contributed by atoms with E-state index in [4.69, 9.17) is 28.4 Å². The largest absolute Gasteiger partial charge is 0.411 e. The van der Waals surface area contributed by atoms with Gasteiger partial charge in [0, 0.05) is 21.1 Å². The lowest BCUT2D eigenvalue weighted by Crippen LogP contribution is -2.07. The van der Waals surface area contributed by atoms with Crippen molar-refractivity contribution in [3.63, 3.8) is 0 Å². The zero-order valence-corrected chi connectivity index (χ0v) is 17.1. The summed E-state index contributed by atoms with van der Waals surface area (Å²) in [4.78, 5) is 9.98. The number of hydrogen-bond donors (Lipinski definition) is 1. The minimum Gasteiger partial charge on any atom is -0.411 e. The summed E-state index contributed by atoms with van der Waals surface area (Å²) in [5.41, 5.74) is 1.78. The molecule has 0 aliphatic carbocycles. The van der Waals surface area contributed by atoms with Crippen molar-refractivity contribution in [2.75, 3.05) is 0 Å². The molecular formula is C19H18Cl2N4OS. The second kappa shape index (κ2) is 8.78. The van der Waals surface area contributed by atoms with Crippen molar-refractivity contribution in [3.8, 4) is 0 Å². The summed E-state index contributed by atoms with van der Waals surface area (Å²) < 4.78 is 1.98. The molecule has 0 radical (unpaired) electrons. The lowest BCUT2D eigenvalue weighted by atomic mass is 10.1. The van der Waals surface area contributed by atoms with Crippen molar-refractivity contribution in [2.24, 2.45) is 5.16 Å². The first kappa shape index (κ1) is 19.7. The standard InChI is InChI=1S/C19H18Cl2N4OS/c1-12(2)18-19(27-16-8-13(20)7-14(21)9-16)25(17(24-18)10-23-26)11-15-5-3-4-6-22-15/h3-10,12,26H,11H2,1-2H3/b23-10+. The summed E-state index contributed by atoms with van der Waals surface area (Å²) in [7, 11) is 0. The molecule has 1 N–H and O–H groups in total. The molecule has 3 aromatic rings. The molecule has 0 aliphatic rings. The highest BCUT2D eigenvalue weighted by atomic mass is 35.5. The average Bonchev–Trinajstić information content (AvgIpc) is 2.93. The molecule has 2 heterocycles. The summed E-state index contributed by atoms with van der Waals surface area (Å²) in [6, 6.07) is 11.2. The summed E-state index contributed by atoms with van der Waals surface area (Å²) in [6.07, 6.45) is 3.09. The van der Waals surface area contributed by atoms with Crippen LogP contribution in [0.3, 0.4) is 0 Å². The highest BCUT2D eigenvalue weighted by Gasteiger charge is 2.20. The Morgan fingerprint density at radius 3 is 2.56 bits per heavy atom. The highest BCUT2D eigenvalue weighted by molar-refractivity contribution is 7.99. The molecule has 0 unspecified atom stereocenters. The first-order valence-electron chi connectivity index (χ1n) is 8.29. The quantitative estimate of drug-likeness (QED) is 0.314. The number of aromatic nitrogens is 3. The minimum absolute atomic E-state index is 0.179. The maximum absolute atomic E-state index is 9.07. The normalized spacial score (nSPS) is 11.6. The van der Waals surface area contributed by atoms with Crippen LogP contribution in [0, 0.1) is 0 Å². The van der Waals surface area contributed by atoms with Crippen LogP contribution in [-0.4, -0.2) is 26.0 Å². The van der Waals surface area contributed by atoms with Crippen LogP contribution in [0.15, 0.2) is 57.7 Å². The Hall–Kier alpha value is -2.02. The fourth-order valence-electron chi connectivity index (χ4n) is 2.61. The molecule has 0 saturated carbocycles. The monoisotopic (exact) mass is 420 g/mol. The Bertz CT molecular complexity index is 938. The van der Waals surface area contributed by atoms with Gasteiger partial charge in [-0.1, -0.05) is 60.0 Å². The number of benzene rings is 1. The van der Waals surface area contributed by atoms with E-state index in [2.05, 4.69) is 29.0 Å². The summed E-state index contributed by atoms with van der Waals surface area (Å²) >= 11 is 13.8. The topological polar surface area (TPSA) is 63.3 Å². The molecule has 0 saturated heterocycles. The van der Waals surface area contributed by atoms with Crippen LogP contribution in [0.5, 0.6) is 0 Å². The van der Waals surface area contributed by atoms with Gasteiger partial charge in [0.05, 0.1) is 17.9 Å². The van der Waals surface area contributed by atoms with Crippen LogP contribution in [0.4, 0.5) is 0 Å². The molecule has 2 aromatic heterocycles. The van der Waals surface area contributed by atoms with Gasteiger partial charge < -0.3 is 9.77 Å². The lowest BCUT2D eigenvalue weighted by molar-refractivity contribution is 0.321. The molecule has 3 rings (SSSR count). The SMILES string of the molecule is CC(C)c1nc(/C=N/O)n(Cc2ccccn2)c1Sc1cc(Cl)cc(Cl)c1. The predicted octanol–water partition coefficient (Wildman–Crippen LogP) is 5.72. The van der Waals surface area contributed by atoms with Gasteiger partial charge in [0.2, 0.25) is 0 Å². The molecule has 1 aromatic carbocycles. The summed E-state index contributed by atoms with van der Waals surface area (Å²) in [6.45, 7) is 4.64. The fraction of sp³-hybridized carbons (Fsp3) is 0.211. The zero-order chi connectivity index (χ0) is 19.4. The number of imidazole rings is 1. The average molecular weight is 421 g/mol. The van der Waals surface area contributed by atoms with E-state index in [9.17, 15) is 0 Å². The van der Waals surface area contributed by atoms with Gasteiger partial charge in [-0.2, -0.15) is 0 Å².